The summed E-state index contributed by atoms with van der Waals surface area (Å²) in [6.45, 7) is 8.57. The minimum atomic E-state index is 0.458. The first kappa shape index (κ1) is 12.0. The van der Waals surface area contributed by atoms with Gasteiger partial charge in [0.25, 0.3) is 0 Å². The number of halogens is 1. The maximum absolute atomic E-state index is 4.46. The molecule has 0 spiro atoms. The molecule has 1 rings (SSSR count). The fourth-order valence-corrected chi connectivity index (χ4v) is 2.48. The van der Waals surface area contributed by atoms with Crippen LogP contribution >= 0.6 is 27.3 Å². The van der Waals surface area contributed by atoms with E-state index in [4.69, 9.17) is 0 Å². The van der Waals surface area contributed by atoms with Gasteiger partial charge in [-0.05, 0) is 26.7 Å². The molecule has 0 radical (unpaired) electrons. The Hall–Kier alpha value is -0.0900. The van der Waals surface area contributed by atoms with Gasteiger partial charge in [0.15, 0.2) is 5.13 Å². The lowest BCUT2D eigenvalue weighted by atomic mass is 10.1. The Kier molecular flexibility index (Phi) is 4.38. The monoisotopic (exact) mass is 276 g/mol. The summed E-state index contributed by atoms with van der Waals surface area (Å²) in [7, 11) is 0. The van der Waals surface area contributed by atoms with Gasteiger partial charge in [-0.1, -0.05) is 22.9 Å². The number of thiazole rings is 1. The second-order valence-corrected chi connectivity index (χ2v) is 5.58. The highest BCUT2D eigenvalue weighted by atomic mass is 79.9. The average molecular weight is 277 g/mol. The van der Waals surface area contributed by atoms with Crippen LogP contribution in [0.4, 0.5) is 5.13 Å². The summed E-state index contributed by atoms with van der Waals surface area (Å²) >= 11 is 5.22. The molecule has 0 aromatic carbocycles. The van der Waals surface area contributed by atoms with Crippen molar-refractivity contribution < 1.29 is 0 Å². The predicted octanol–water partition coefficient (Wildman–Crippen LogP) is 3.59. The lowest BCUT2D eigenvalue weighted by Crippen LogP contribution is -2.24. The van der Waals surface area contributed by atoms with E-state index in [2.05, 4.69) is 53.9 Å². The van der Waals surface area contributed by atoms with Gasteiger partial charge in [-0.2, -0.15) is 0 Å². The van der Waals surface area contributed by atoms with Gasteiger partial charge in [0.05, 0.1) is 5.69 Å². The number of anilines is 1. The molecule has 1 aromatic heterocycles. The van der Waals surface area contributed by atoms with E-state index in [-0.39, 0.29) is 0 Å². The van der Waals surface area contributed by atoms with Crippen molar-refractivity contribution in [3.63, 3.8) is 0 Å². The third-order valence-corrected chi connectivity index (χ3v) is 4.50. The van der Waals surface area contributed by atoms with Crippen LogP contribution in [0.15, 0.2) is 0 Å². The summed E-state index contributed by atoms with van der Waals surface area (Å²) in [4.78, 5) is 5.76. The van der Waals surface area contributed by atoms with Crippen molar-refractivity contribution in [2.24, 2.45) is 5.92 Å². The molecule has 0 aliphatic carbocycles. The molecule has 2 unspecified atom stereocenters. The Morgan fingerprint density at radius 2 is 2.07 bits per heavy atom. The fraction of sp³-hybridized carbons (Fsp3) is 0.700. The van der Waals surface area contributed by atoms with Crippen LogP contribution in [0.2, 0.25) is 0 Å². The lowest BCUT2D eigenvalue weighted by Gasteiger charge is -2.18. The van der Waals surface area contributed by atoms with Crippen molar-refractivity contribution in [2.45, 2.75) is 33.7 Å². The zero-order valence-corrected chi connectivity index (χ0v) is 11.5. The van der Waals surface area contributed by atoms with Crippen molar-refractivity contribution in [2.75, 3.05) is 10.6 Å². The third kappa shape index (κ3) is 2.95. The molecule has 0 bridgehead atoms. The normalized spacial score (nSPS) is 15.2. The van der Waals surface area contributed by atoms with E-state index >= 15 is 0 Å². The number of alkyl halides is 1. The number of aryl methyl sites for hydroxylation is 2. The number of hydrogen-bond acceptors (Lipinski definition) is 3. The topological polar surface area (TPSA) is 24.9 Å². The highest BCUT2D eigenvalue weighted by Gasteiger charge is 2.12. The molecule has 0 amide bonds. The smallest absolute Gasteiger partial charge is 0.183 e. The highest BCUT2D eigenvalue weighted by Crippen LogP contribution is 2.23. The first-order valence-corrected chi connectivity index (χ1v) is 6.75. The molecule has 1 aromatic rings. The molecule has 1 heterocycles. The van der Waals surface area contributed by atoms with Gasteiger partial charge in [-0.25, -0.2) is 4.98 Å². The van der Waals surface area contributed by atoms with Gasteiger partial charge in [0, 0.05) is 16.2 Å². The molecule has 80 valence electrons. The second-order valence-electron chi connectivity index (χ2n) is 3.73. The van der Waals surface area contributed by atoms with E-state index in [1.165, 1.54) is 4.88 Å². The summed E-state index contributed by atoms with van der Waals surface area (Å²) in [5.41, 5.74) is 1.14. The minimum absolute atomic E-state index is 0.458. The Bertz CT molecular complexity index is 279. The molecular weight excluding hydrogens is 260 g/mol. The molecule has 2 atom stereocenters. The Labute approximate surface area is 98.3 Å². The van der Waals surface area contributed by atoms with Gasteiger partial charge in [0.1, 0.15) is 0 Å². The van der Waals surface area contributed by atoms with Gasteiger partial charge in [-0.15, -0.1) is 11.3 Å². The van der Waals surface area contributed by atoms with Crippen LogP contribution in [0.3, 0.4) is 0 Å². The van der Waals surface area contributed by atoms with E-state index in [1.54, 1.807) is 11.3 Å². The zero-order chi connectivity index (χ0) is 10.7. The summed E-state index contributed by atoms with van der Waals surface area (Å²) < 4.78 is 0. The van der Waals surface area contributed by atoms with Gasteiger partial charge < -0.3 is 5.32 Å². The molecule has 0 aliphatic heterocycles. The predicted molar refractivity (Wildman–Crippen MR) is 67.6 cm³/mol. The second kappa shape index (κ2) is 5.12. The van der Waals surface area contributed by atoms with Crippen molar-refractivity contribution in [3.8, 4) is 0 Å². The van der Waals surface area contributed by atoms with Crippen LogP contribution in [0.5, 0.6) is 0 Å². The molecule has 0 aliphatic rings. The maximum Gasteiger partial charge on any atom is 0.183 e. The standard InChI is InChI=1S/C10H17BrN2S/c1-6(5-11)7(2)12-10-13-8(3)9(4)14-10/h6-7H,5H2,1-4H3,(H,12,13). The van der Waals surface area contributed by atoms with Crippen LogP contribution in [0.25, 0.3) is 0 Å². The average Bonchev–Trinajstić information content (AvgIpc) is 2.44. The summed E-state index contributed by atoms with van der Waals surface area (Å²) in [6.07, 6.45) is 0. The van der Waals surface area contributed by atoms with E-state index in [0.717, 1.165) is 16.2 Å². The van der Waals surface area contributed by atoms with Gasteiger partial charge >= 0.3 is 0 Å². The van der Waals surface area contributed by atoms with Crippen LogP contribution in [-0.2, 0) is 0 Å². The van der Waals surface area contributed by atoms with E-state index in [0.29, 0.717) is 12.0 Å². The largest absolute Gasteiger partial charge is 0.359 e. The van der Waals surface area contributed by atoms with E-state index in [1.807, 2.05) is 0 Å². The summed E-state index contributed by atoms with van der Waals surface area (Å²) in [5, 5.41) is 5.49. The number of aromatic nitrogens is 1. The highest BCUT2D eigenvalue weighted by molar-refractivity contribution is 9.09. The number of nitrogens with zero attached hydrogens (tertiary/aromatic N) is 1. The van der Waals surface area contributed by atoms with Crippen LogP contribution < -0.4 is 5.32 Å². The first-order chi connectivity index (χ1) is 6.54. The maximum atomic E-state index is 4.46. The Morgan fingerprint density at radius 1 is 1.43 bits per heavy atom. The van der Waals surface area contributed by atoms with Crippen molar-refractivity contribution >= 4 is 32.4 Å². The Balaban J connectivity index is 2.60. The molecular formula is C10H17BrN2S. The van der Waals surface area contributed by atoms with Crippen molar-refractivity contribution in [3.05, 3.63) is 10.6 Å². The first-order valence-electron chi connectivity index (χ1n) is 4.81. The van der Waals surface area contributed by atoms with Crippen molar-refractivity contribution in [1.29, 1.82) is 0 Å². The molecule has 0 saturated carbocycles. The molecule has 14 heavy (non-hydrogen) atoms. The van der Waals surface area contributed by atoms with Gasteiger partial charge in [-0.3, -0.25) is 0 Å². The van der Waals surface area contributed by atoms with E-state index < -0.39 is 0 Å². The number of hydrogen-bond donors (Lipinski definition) is 1. The van der Waals surface area contributed by atoms with Crippen molar-refractivity contribution in [1.82, 2.24) is 4.98 Å². The third-order valence-electron chi connectivity index (χ3n) is 2.48. The van der Waals surface area contributed by atoms with Gasteiger partial charge in [0.2, 0.25) is 0 Å². The van der Waals surface area contributed by atoms with Crippen LogP contribution in [-0.4, -0.2) is 16.4 Å². The van der Waals surface area contributed by atoms with E-state index in [9.17, 15) is 0 Å². The molecule has 4 heteroatoms. The number of nitrogens with one attached hydrogen (secondary N) is 1. The molecule has 0 saturated heterocycles. The Morgan fingerprint density at radius 3 is 2.50 bits per heavy atom. The lowest BCUT2D eigenvalue weighted by molar-refractivity contribution is 0.572. The molecule has 1 N–H and O–H groups in total. The quantitative estimate of drug-likeness (QED) is 0.851. The summed E-state index contributed by atoms with van der Waals surface area (Å²) in [6, 6.07) is 0.458. The van der Waals surface area contributed by atoms with Crippen LogP contribution in [0, 0.1) is 19.8 Å². The SMILES string of the molecule is Cc1nc(NC(C)C(C)CBr)sc1C. The molecule has 2 nitrogen and oxygen atoms in total. The minimum Gasteiger partial charge on any atom is -0.359 e. The fourth-order valence-electron chi connectivity index (χ4n) is 1.01. The van der Waals surface area contributed by atoms with Crippen LogP contribution in [0.1, 0.15) is 24.4 Å². The zero-order valence-electron chi connectivity index (χ0n) is 9.10. The number of rotatable bonds is 4. The molecule has 0 fully saturated rings. The summed E-state index contributed by atoms with van der Waals surface area (Å²) in [5.74, 6) is 0.611.